The summed E-state index contributed by atoms with van der Waals surface area (Å²) in [4.78, 5) is 4.62. The van der Waals surface area contributed by atoms with Gasteiger partial charge in [-0.1, -0.05) is 32.9 Å². The highest BCUT2D eigenvalue weighted by molar-refractivity contribution is 7.09. The summed E-state index contributed by atoms with van der Waals surface area (Å²) in [5.41, 5.74) is 8.09. The van der Waals surface area contributed by atoms with Gasteiger partial charge in [-0.2, -0.15) is 0 Å². The number of nitrogens with two attached hydrogens (primary N) is 1. The van der Waals surface area contributed by atoms with Gasteiger partial charge in [-0.3, -0.25) is 0 Å². The van der Waals surface area contributed by atoms with Crippen molar-refractivity contribution in [2.45, 2.75) is 39.2 Å². The lowest BCUT2D eigenvalue weighted by Gasteiger charge is -2.14. The third kappa shape index (κ3) is 3.39. The van der Waals surface area contributed by atoms with E-state index in [0.717, 1.165) is 16.3 Å². The van der Waals surface area contributed by atoms with E-state index in [0.29, 0.717) is 12.0 Å². The molecule has 0 spiro atoms. The summed E-state index contributed by atoms with van der Waals surface area (Å²) in [6, 6.07) is 5.23. The van der Waals surface area contributed by atoms with Crippen molar-refractivity contribution in [1.82, 2.24) is 4.98 Å². The van der Waals surface area contributed by atoms with E-state index in [1.54, 1.807) is 23.5 Å². The summed E-state index contributed by atoms with van der Waals surface area (Å²) in [5, 5.41) is 3.10. The molecule has 0 aliphatic heterocycles. The summed E-state index contributed by atoms with van der Waals surface area (Å²) in [7, 11) is 0. The summed E-state index contributed by atoms with van der Waals surface area (Å²) >= 11 is 1.63. The fourth-order valence-electron chi connectivity index (χ4n) is 1.78. The molecule has 2 N–H and O–H groups in total. The molecule has 19 heavy (non-hydrogen) atoms. The Labute approximate surface area is 117 Å². The van der Waals surface area contributed by atoms with Crippen molar-refractivity contribution >= 4 is 11.3 Å². The van der Waals surface area contributed by atoms with Gasteiger partial charge in [0.1, 0.15) is 5.82 Å². The molecule has 0 fully saturated rings. The molecule has 4 heteroatoms. The van der Waals surface area contributed by atoms with Crippen LogP contribution in [0.25, 0.3) is 0 Å². The molecule has 2 nitrogen and oxygen atoms in total. The van der Waals surface area contributed by atoms with Crippen LogP contribution >= 0.6 is 11.3 Å². The van der Waals surface area contributed by atoms with E-state index in [1.165, 1.54) is 0 Å². The predicted molar refractivity (Wildman–Crippen MR) is 77.9 cm³/mol. The Morgan fingerprint density at radius 3 is 2.58 bits per heavy atom. The lowest BCUT2D eigenvalue weighted by Crippen LogP contribution is -2.11. The molecule has 0 amide bonds. The van der Waals surface area contributed by atoms with Gasteiger partial charge in [-0.25, -0.2) is 9.37 Å². The van der Waals surface area contributed by atoms with Crippen LogP contribution in [0.5, 0.6) is 0 Å². The zero-order chi connectivity index (χ0) is 14.0. The van der Waals surface area contributed by atoms with Gasteiger partial charge >= 0.3 is 0 Å². The van der Waals surface area contributed by atoms with Crippen molar-refractivity contribution in [3.05, 3.63) is 51.2 Å². The molecule has 0 saturated heterocycles. The van der Waals surface area contributed by atoms with Crippen molar-refractivity contribution in [3.8, 4) is 0 Å². The zero-order valence-electron chi connectivity index (χ0n) is 11.5. The fraction of sp³-hybridized carbons (Fsp3) is 0.400. The van der Waals surface area contributed by atoms with Gasteiger partial charge < -0.3 is 5.73 Å². The summed E-state index contributed by atoms with van der Waals surface area (Å²) < 4.78 is 13.7. The van der Waals surface area contributed by atoms with E-state index in [2.05, 4.69) is 31.1 Å². The van der Waals surface area contributed by atoms with Crippen LogP contribution < -0.4 is 5.73 Å². The van der Waals surface area contributed by atoms with Crippen LogP contribution in [-0.2, 0) is 18.4 Å². The standard InChI is InChI=1S/C15H19FN2S/c1-15(2,3)13-9-19-14(18-13)7-10-4-5-11(8-17)12(16)6-10/h4-6,9H,7-8,17H2,1-3H3. The first-order chi connectivity index (χ1) is 8.90. The van der Waals surface area contributed by atoms with Crippen molar-refractivity contribution in [3.63, 3.8) is 0 Å². The van der Waals surface area contributed by atoms with E-state index in [4.69, 9.17) is 5.73 Å². The second kappa shape index (κ2) is 5.39. The SMILES string of the molecule is CC(C)(C)c1csc(Cc2ccc(CN)c(F)c2)n1. The second-order valence-electron chi connectivity index (χ2n) is 5.68. The lowest BCUT2D eigenvalue weighted by molar-refractivity contribution is 0.571. The van der Waals surface area contributed by atoms with Crippen LogP contribution in [0.15, 0.2) is 23.6 Å². The Morgan fingerprint density at radius 2 is 2.05 bits per heavy atom. The zero-order valence-corrected chi connectivity index (χ0v) is 12.4. The minimum absolute atomic E-state index is 0.0589. The molecular formula is C15H19FN2S. The number of hydrogen-bond donors (Lipinski definition) is 1. The molecular weight excluding hydrogens is 259 g/mol. The van der Waals surface area contributed by atoms with Gasteiger partial charge in [0.15, 0.2) is 0 Å². The van der Waals surface area contributed by atoms with Gasteiger partial charge in [0.05, 0.1) is 10.7 Å². The first-order valence-corrected chi connectivity index (χ1v) is 7.20. The molecule has 0 aliphatic rings. The highest BCUT2D eigenvalue weighted by atomic mass is 32.1. The van der Waals surface area contributed by atoms with Crippen molar-refractivity contribution in [2.75, 3.05) is 0 Å². The Balaban J connectivity index is 2.17. The Hall–Kier alpha value is -1.26. The monoisotopic (exact) mass is 278 g/mol. The predicted octanol–water partition coefficient (Wildman–Crippen LogP) is 3.63. The maximum Gasteiger partial charge on any atom is 0.127 e. The maximum absolute atomic E-state index is 13.7. The highest BCUT2D eigenvalue weighted by Crippen LogP contribution is 2.25. The second-order valence-corrected chi connectivity index (χ2v) is 6.63. The average molecular weight is 278 g/mol. The number of rotatable bonds is 3. The quantitative estimate of drug-likeness (QED) is 0.931. The number of nitrogens with zero attached hydrogens (tertiary/aromatic N) is 1. The van der Waals surface area contributed by atoms with Crippen LogP contribution in [0.4, 0.5) is 4.39 Å². The van der Waals surface area contributed by atoms with Crippen molar-refractivity contribution in [2.24, 2.45) is 5.73 Å². The van der Waals surface area contributed by atoms with Crippen LogP contribution in [0, 0.1) is 5.82 Å². The van der Waals surface area contributed by atoms with Crippen LogP contribution in [-0.4, -0.2) is 4.98 Å². The van der Waals surface area contributed by atoms with E-state index < -0.39 is 0 Å². The van der Waals surface area contributed by atoms with E-state index in [9.17, 15) is 4.39 Å². The minimum Gasteiger partial charge on any atom is -0.326 e. The number of hydrogen-bond acceptors (Lipinski definition) is 3. The van der Waals surface area contributed by atoms with E-state index in [1.807, 2.05) is 6.07 Å². The molecule has 0 bridgehead atoms. The molecule has 0 radical (unpaired) electrons. The molecule has 0 saturated carbocycles. The maximum atomic E-state index is 13.7. The number of halogens is 1. The molecule has 1 heterocycles. The number of benzene rings is 1. The first-order valence-electron chi connectivity index (χ1n) is 6.32. The van der Waals surface area contributed by atoms with E-state index >= 15 is 0 Å². The van der Waals surface area contributed by atoms with E-state index in [-0.39, 0.29) is 17.8 Å². The molecule has 0 atom stereocenters. The van der Waals surface area contributed by atoms with Gasteiger partial charge in [-0.05, 0) is 11.6 Å². The molecule has 102 valence electrons. The van der Waals surface area contributed by atoms with Crippen LogP contribution in [0.1, 0.15) is 42.6 Å². The van der Waals surface area contributed by atoms with Gasteiger partial charge in [0, 0.05) is 29.3 Å². The molecule has 0 unspecified atom stereocenters. The molecule has 0 aliphatic carbocycles. The first kappa shape index (κ1) is 14.2. The normalized spacial score (nSPS) is 11.8. The average Bonchev–Trinajstić information content (AvgIpc) is 2.77. The number of aromatic nitrogens is 1. The fourth-order valence-corrected chi connectivity index (χ4v) is 2.83. The van der Waals surface area contributed by atoms with Crippen molar-refractivity contribution < 1.29 is 4.39 Å². The van der Waals surface area contributed by atoms with Crippen LogP contribution in [0.2, 0.25) is 0 Å². The smallest absolute Gasteiger partial charge is 0.127 e. The van der Waals surface area contributed by atoms with Gasteiger partial charge in [0.2, 0.25) is 0 Å². The summed E-state index contributed by atoms with van der Waals surface area (Å²) in [5.74, 6) is -0.229. The summed E-state index contributed by atoms with van der Waals surface area (Å²) in [6.45, 7) is 6.65. The minimum atomic E-state index is -0.229. The van der Waals surface area contributed by atoms with Gasteiger partial charge in [0.25, 0.3) is 0 Å². The Kier molecular flexibility index (Phi) is 4.02. The highest BCUT2D eigenvalue weighted by Gasteiger charge is 2.17. The molecule has 2 rings (SSSR count). The van der Waals surface area contributed by atoms with Crippen molar-refractivity contribution in [1.29, 1.82) is 0 Å². The van der Waals surface area contributed by atoms with Crippen LogP contribution in [0.3, 0.4) is 0 Å². The third-order valence-electron chi connectivity index (χ3n) is 3.01. The largest absolute Gasteiger partial charge is 0.326 e. The molecule has 1 aromatic carbocycles. The third-order valence-corrected chi connectivity index (χ3v) is 3.86. The lowest BCUT2D eigenvalue weighted by atomic mass is 9.93. The topological polar surface area (TPSA) is 38.9 Å². The summed E-state index contributed by atoms with van der Waals surface area (Å²) in [6.07, 6.45) is 0.669. The van der Waals surface area contributed by atoms with Gasteiger partial charge in [-0.15, -0.1) is 11.3 Å². The Bertz CT molecular complexity index is 570. The molecule has 2 aromatic rings. The number of thiazole rings is 1. The Morgan fingerprint density at radius 1 is 1.32 bits per heavy atom. The molecule has 1 aromatic heterocycles.